The lowest BCUT2D eigenvalue weighted by Crippen LogP contribution is -2.58. The Hall–Kier alpha value is -2.77. The first-order valence-electron chi connectivity index (χ1n) is 10.2. The highest BCUT2D eigenvalue weighted by molar-refractivity contribution is 5.99. The first kappa shape index (κ1) is 20.5. The Balaban J connectivity index is 1.66. The van der Waals surface area contributed by atoms with E-state index in [1.165, 1.54) is 0 Å². The van der Waals surface area contributed by atoms with Crippen LogP contribution in [0.5, 0.6) is 11.5 Å². The van der Waals surface area contributed by atoms with Gasteiger partial charge in [0.2, 0.25) is 0 Å². The van der Waals surface area contributed by atoms with Gasteiger partial charge in [0.1, 0.15) is 0 Å². The molecule has 2 heterocycles. The van der Waals surface area contributed by atoms with Gasteiger partial charge in [0, 0.05) is 31.9 Å². The third-order valence-electron chi connectivity index (χ3n) is 6.53. The molecule has 4 N–H and O–H groups in total. The Labute approximate surface area is 177 Å². The molecular formula is C23H30N4O3. The van der Waals surface area contributed by atoms with E-state index < -0.39 is 5.54 Å². The predicted octanol–water partition coefficient (Wildman–Crippen LogP) is 1.33. The van der Waals surface area contributed by atoms with Crippen molar-refractivity contribution in [1.29, 1.82) is 0 Å². The van der Waals surface area contributed by atoms with Crippen molar-refractivity contribution in [3.63, 3.8) is 0 Å². The number of carbonyl (C=O) groups excluding carboxylic acids is 1. The largest absolute Gasteiger partial charge is 0.493 e. The minimum Gasteiger partial charge on any atom is -0.493 e. The number of methoxy groups -OCH3 is 2. The number of benzene rings is 1. The number of hydrogen-bond donors (Lipinski definition) is 2. The SMILES string of the molecule is C=C1C=C2CN(C)CCC2(N)C(C(=O)N2CCc3cc(OC)c(OC)cc3C2)=C1N. The number of rotatable bonds is 3. The average Bonchev–Trinajstić information content (AvgIpc) is 2.74. The van der Waals surface area contributed by atoms with Crippen molar-refractivity contribution < 1.29 is 14.3 Å². The van der Waals surface area contributed by atoms with E-state index in [0.29, 0.717) is 54.4 Å². The lowest BCUT2D eigenvalue weighted by atomic mass is 9.71. The fourth-order valence-electron chi connectivity index (χ4n) is 4.71. The number of hydrogen-bond acceptors (Lipinski definition) is 6. The van der Waals surface area contributed by atoms with Gasteiger partial charge < -0.3 is 30.7 Å². The summed E-state index contributed by atoms with van der Waals surface area (Å²) in [6, 6.07) is 3.94. The van der Waals surface area contributed by atoms with Gasteiger partial charge in [0.25, 0.3) is 5.91 Å². The summed E-state index contributed by atoms with van der Waals surface area (Å²) in [7, 11) is 5.29. The molecule has 0 aromatic heterocycles. The lowest BCUT2D eigenvalue weighted by Gasteiger charge is -2.45. The van der Waals surface area contributed by atoms with Crippen LogP contribution in [0.3, 0.4) is 0 Å². The van der Waals surface area contributed by atoms with Crippen LogP contribution in [0.2, 0.25) is 0 Å². The molecule has 1 unspecified atom stereocenters. The molecule has 1 aliphatic carbocycles. The molecule has 1 fully saturated rings. The number of amides is 1. The third-order valence-corrected chi connectivity index (χ3v) is 6.53. The summed E-state index contributed by atoms with van der Waals surface area (Å²) >= 11 is 0. The number of allylic oxidation sites excluding steroid dienone is 1. The van der Waals surface area contributed by atoms with Gasteiger partial charge in [0.15, 0.2) is 11.5 Å². The second kappa shape index (κ2) is 7.49. The number of nitrogens with two attached hydrogens (primary N) is 2. The molecule has 1 aromatic carbocycles. The molecule has 1 amide bonds. The van der Waals surface area contributed by atoms with Crippen molar-refractivity contribution in [3.8, 4) is 11.5 Å². The van der Waals surface area contributed by atoms with Crippen LogP contribution in [-0.2, 0) is 17.8 Å². The quantitative estimate of drug-likeness (QED) is 0.781. The van der Waals surface area contributed by atoms with Crippen molar-refractivity contribution in [2.24, 2.45) is 11.5 Å². The molecule has 30 heavy (non-hydrogen) atoms. The molecule has 0 radical (unpaired) electrons. The fraction of sp³-hybridized carbons (Fsp3) is 0.435. The van der Waals surface area contributed by atoms with Crippen LogP contribution >= 0.6 is 0 Å². The van der Waals surface area contributed by atoms with Gasteiger partial charge in [-0.05, 0) is 54.3 Å². The summed E-state index contributed by atoms with van der Waals surface area (Å²) in [5, 5.41) is 0. The number of ether oxygens (including phenoxy) is 2. The summed E-state index contributed by atoms with van der Waals surface area (Å²) < 4.78 is 10.9. The Morgan fingerprint density at radius 3 is 2.47 bits per heavy atom. The van der Waals surface area contributed by atoms with Crippen LogP contribution in [0.25, 0.3) is 0 Å². The predicted molar refractivity (Wildman–Crippen MR) is 116 cm³/mol. The summed E-state index contributed by atoms with van der Waals surface area (Å²) in [5.74, 6) is 1.26. The van der Waals surface area contributed by atoms with Gasteiger partial charge in [-0.3, -0.25) is 4.79 Å². The van der Waals surface area contributed by atoms with Gasteiger partial charge in [-0.15, -0.1) is 0 Å². The van der Waals surface area contributed by atoms with E-state index in [9.17, 15) is 4.79 Å². The maximum absolute atomic E-state index is 13.7. The second-order valence-corrected chi connectivity index (χ2v) is 8.40. The Morgan fingerprint density at radius 1 is 1.13 bits per heavy atom. The van der Waals surface area contributed by atoms with E-state index in [1.54, 1.807) is 14.2 Å². The van der Waals surface area contributed by atoms with E-state index in [4.69, 9.17) is 20.9 Å². The van der Waals surface area contributed by atoms with Crippen molar-refractivity contribution in [2.45, 2.75) is 24.9 Å². The maximum Gasteiger partial charge on any atom is 0.254 e. The normalized spacial score (nSPS) is 24.2. The molecule has 4 rings (SSSR count). The second-order valence-electron chi connectivity index (χ2n) is 8.40. The summed E-state index contributed by atoms with van der Waals surface area (Å²) in [4.78, 5) is 17.7. The van der Waals surface area contributed by atoms with E-state index in [2.05, 4.69) is 18.5 Å². The van der Waals surface area contributed by atoms with Crippen molar-refractivity contribution in [2.75, 3.05) is 40.9 Å². The van der Waals surface area contributed by atoms with Gasteiger partial charge in [-0.25, -0.2) is 0 Å². The highest BCUT2D eigenvalue weighted by Crippen LogP contribution is 2.40. The van der Waals surface area contributed by atoms with Crippen LogP contribution in [0.1, 0.15) is 17.5 Å². The molecule has 7 nitrogen and oxygen atoms in total. The molecule has 1 aromatic rings. The number of piperidine rings is 1. The molecule has 160 valence electrons. The standard InChI is InChI=1S/C23H30N4O3/c1-14-9-17-13-26(2)8-6-23(17,25)20(21(14)24)22(28)27-7-5-15-10-18(29-3)19(30-4)11-16(15)12-27/h9-11H,1,5-8,12-13,24-25H2,2-4H3. The Morgan fingerprint density at radius 2 is 1.80 bits per heavy atom. The van der Waals surface area contributed by atoms with Crippen molar-refractivity contribution >= 4 is 5.91 Å². The fourth-order valence-corrected chi connectivity index (χ4v) is 4.71. The molecule has 1 atom stereocenters. The minimum atomic E-state index is -0.841. The maximum atomic E-state index is 13.7. The summed E-state index contributed by atoms with van der Waals surface area (Å²) in [5.41, 5.74) is 17.2. The van der Waals surface area contributed by atoms with E-state index in [0.717, 1.165) is 29.7 Å². The highest BCUT2D eigenvalue weighted by Gasteiger charge is 2.46. The number of likely N-dealkylation sites (tertiary alicyclic amines) is 1. The molecule has 0 saturated carbocycles. The number of carbonyl (C=O) groups is 1. The molecule has 7 heteroatoms. The van der Waals surface area contributed by atoms with Crippen molar-refractivity contribution in [1.82, 2.24) is 9.80 Å². The zero-order chi connectivity index (χ0) is 21.6. The number of nitrogens with zero attached hydrogens (tertiary/aromatic N) is 2. The van der Waals surface area contributed by atoms with Gasteiger partial charge in [0.05, 0.1) is 25.3 Å². The Kier molecular flexibility index (Phi) is 5.11. The topological polar surface area (TPSA) is 94.0 Å². The first-order valence-corrected chi connectivity index (χ1v) is 10.2. The molecule has 2 aliphatic heterocycles. The summed E-state index contributed by atoms with van der Waals surface area (Å²) in [6.07, 6.45) is 3.34. The lowest BCUT2D eigenvalue weighted by molar-refractivity contribution is -0.128. The smallest absolute Gasteiger partial charge is 0.254 e. The minimum absolute atomic E-state index is 0.105. The van der Waals surface area contributed by atoms with Crippen LogP contribution in [0.15, 0.2) is 47.2 Å². The van der Waals surface area contributed by atoms with Crippen LogP contribution in [-0.4, -0.2) is 62.1 Å². The molecule has 0 bridgehead atoms. The third kappa shape index (κ3) is 3.18. The van der Waals surface area contributed by atoms with Gasteiger partial charge in [-0.1, -0.05) is 12.7 Å². The van der Waals surface area contributed by atoms with Crippen molar-refractivity contribution in [3.05, 3.63) is 58.3 Å². The zero-order valence-corrected chi connectivity index (χ0v) is 18.0. The Bertz CT molecular complexity index is 981. The van der Waals surface area contributed by atoms with Crippen LogP contribution < -0.4 is 20.9 Å². The van der Waals surface area contributed by atoms with E-state index in [1.807, 2.05) is 23.1 Å². The first-order chi connectivity index (χ1) is 14.3. The highest BCUT2D eigenvalue weighted by atomic mass is 16.5. The summed E-state index contributed by atoms with van der Waals surface area (Å²) in [6.45, 7) is 6.66. The number of fused-ring (bicyclic) bond motifs is 2. The zero-order valence-electron chi connectivity index (χ0n) is 18.0. The monoisotopic (exact) mass is 410 g/mol. The van der Waals surface area contributed by atoms with Crippen LogP contribution in [0, 0.1) is 0 Å². The molecule has 1 saturated heterocycles. The molecule has 3 aliphatic rings. The van der Waals surface area contributed by atoms with Gasteiger partial charge in [-0.2, -0.15) is 0 Å². The number of likely N-dealkylation sites (N-methyl/N-ethyl adjacent to an activating group) is 1. The molecule has 0 spiro atoms. The average molecular weight is 411 g/mol. The van der Waals surface area contributed by atoms with E-state index >= 15 is 0 Å². The van der Waals surface area contributed by atoms with Crippen LogP contribution in [0.4, 0.5) is 0 Å². The molecular weight excluding hydrogens is 380 g/mol. The van der Waals surface area contributed by atoms with E-state index in [-0.39, 0.29) is 5.91 Å². The van der Waals surface area contributed by atoms with Gasteiger partial charge >= 0.3 is 0 Å².